The quantitative estimate of drug-likeness (QED) is 0.449. The molecule has 0 saturated heterocycles. The van der Waals surface area contributed by atoms with E-state index in [0.29, 0.717) is 5.88 Å². The molecule has 0 spiro atoms. The van der Waals surface area contributed by atoms with Gasteiger partial charge in [-0.2, -0.15) is 0 Å². The highest BCUT2D eigenvalue weighted by Gasteiger charge is 2.13. The van der Waals surface area contributed by atoms with Gasteiger partial charge in [-0.3, -0.25) is 0 Å². The van der Waals surface area contributed by atoms with Crippen molar-refractivity contribution in [3.63, 3.8) is 0 Å². The summed E-state index contributed by atoms with van der Waals surface area (Å²) in [7, 11) is 0. The minimum atomic E-state index is 0.268. The van der Waals surface area contributed by atoms with Crippen molar-refractivity contribution < 1.29 is 5.11 Å². The van der Waals surface area contributed by atoms with E-state index >= 15 is 0 Å². The van der Waals surface area contributed by atoms with Crippen LogP contribution in [0.15, 0.2) is 84.9 Å². The van der Waals surface area contributed by atoms with Gasteiger partial charge in [0.15, 0.2) is 0 Å². The Balaban J connectivity index is 2.26. The lowest BCUT2D eigenvalue weighted by Crippen LogP contribution is -1.96. The van der Waals surface area contributed by atoms with E-state index in [1.165, 1.54) is 11.1 Å². The molecular weight excluding hydrogens is 316 g/mol. The Kier molecular flexibility index (Phi) is 5.35. The van der Waals surface area contributed by atoms with Gasteiger partial charge in [-0.1, -0.05) is 72.8 Å². The van der Waals surface area contributed by atoms with Crippen molar-refractivity contribution in [2.75, 3.05) is 5.88 Å². The van der Waals surface area contributed by atoms with Crippen molar-refractivity contribution in [1.29, 1.82) is 0 Å². The van der Waals surface area contributed by atoms with E-state index in [0.717, 1.165) is 23.1 Å². The van der Waals surface area contributed by atoms with Crippen LogP contribution in [0.3, 0.4) is 0 Å². The molecule has 0 saturated carbocycles. The van der Waals surface area contributed by atoms with Crippen LogP contribution in [0.25, 0.3) is 11.1 Å². The molecule has 1 N–H and O–H groups in total. The number of hydrogen-bond acceptors (Lipinski definition) is 1. The third kappa shape index (κ3) is 3.69. The molecular formula is C22H19ClO. The number of allylic oxidation sites excluding steroid dienone is 1. The summed E-state index contributed by atoms with van der Waals surface area (Å²) in [5.41, 5.74) is 5.75. The molecule has 24 heavy (non-hydrogen) atoms. The van der Waals surface area contributed by atoms with Crippen LogP contribution in [-0.2, 0) is 0 Å². The van der Waals surface area contributed by atoms with Crippen molar-refractivity contribution in [2.24, 2.45) is 0 Å². The van der Waals surface area contributed by atoms with Gasteiger partial charge in [-0.25, -0.2) is 0 Å². The predicted octanol–water partition coefficient (Wildman–Crippen LogP) is 5.98. The maximum atomic E-state index is 9.63. The zero-order valence-electron chi connectivity index (χ0n) is 13.3. The number of phenolic OH excluding ortho intramolecular Hbond substituents is 1. The van der Waals surface area contributed by atoms with E-state index in [1.54, 1.807) is 12.1 Å². The molecule has 1 nitrogen and oxygen atoms in total. The standard InChI is InChI=1S/C22H19ClO/c23-16-15-21(17-7-3-1-4-8-17)22(18-9-5-2-6-10-18)19-11-13-20(24)14-12-19/h1-14,24H,15-16H2/b22-21+. The first kappa shape index (κ1) is 16.4. The summed E-state index contributed by atoms with van der Waals surface area (Å²) < 4.78 is 0. The second kappa shape index (κ2) is 7.85. The second-order valence-corrected chi connectivity index (χ2v) is 5.95. The summed E-state index contributed by atoms with van der Waals surface area (Å²) in [6, 6.07) is 28.0. The Bertz CT molecular complexity index is 806. The maximum absolute atomic E-state index is 9.63. The average molecular weight is 335 g/mol. The number of benzene rings is 3. The van der Waals surface area contributed by atoms with Gasteiger partial charge in [0.2, 0.25) is 0 Å². The Morgan fingerprint density at radius 1 is 0.667 bits per heavy atom. The minimum absolute atomic E-state index is 0.268. The topological polar surface area (TPSA) is 20.2 Å². The van der Waals surface area contributed by atoms with Crippen LogP contribution in [0.1, 0.15) is 23.1 Å². The predicted molar refractivity (Wildman–Crippen MR) is 102 cm³/mol. The summed E-state index contributed by atoms with van der Waals surface area (Å²) in [6.07, 6.45) is 0.774. The normalized spacial score (nSPS) is 11.9. The molecule has 0 amide bonds. The first-order valence-electron chi connectivity index (χ1n) is 7.99. The molecule has 0 aliphatic rings. The monoisotopic (exact) mass is 334 g/mol. The molecule has 3 aromatic rings. The zero-order chi connectivity index (χ0) is 16.8. The van der Waals surface area contributed by atoms with Gasteiger partial charge in [-0.15, -0.1) is 11.6 Å². The lowest BCUT2D eigenvalue weighted by molar-refractivity contribution is 0.475. The highest BCUT2D eigenvalue weighted by atomic mass is 35.5. The maximum Gasteiger partial charge on any atom is 0.115 e. The van der Waals surface area contributed by atoms with Gasteiger partial charge in [0, 0.05) is 5.88 Å². The summed E-state index contributed by atoms with van der Waals surface area (Å²) in [6.45, 7) is 0. The highest BCUT2D eigenvalue weighted by molar-refractivity contribution is 6.18. The van der Waals surface area contributed by atoms with Gasteiger partial charge in [0.1, 0.15) is 5.75 Å². The fourth-order valence-electron chi connectivity index (χ4n) is 2.90. The Morgan fingerprint density at radius 3 is 1.71 bits per heavy atom. The van der Waals surface area contributed by atoms with Crippen molar-refractivity contribution in [3.8, 4) is 5.75 Å². The summed E-state index contributed by atoms with van der Waals surface area (Å²) in [5.74, 6) is 0.823. The zero-order valence-corrected chi connectivity index (χ0v) is 14.1. The Morgan fingerprint density at radius 2 is 1.17 bits per heavy atom. The fraction of sp³-hybridized carbons (Fsp3) is 0.0909. The number of phenols is 1. The SMILES string of the molecule is Oc1ccc(/C(=C(\CCCl)c2ccccc2)c2ccccc2)cc1. The molecule has 0 radical (unpaired) electrons. The van der Waals surface area contributed by atoms with Crippen LogP contribution in [0.2, 0.25) is 0 Å². The third-order valence-electron chi connectivity index (χ3n) is 3.99. The van der Waals surface area contributed by atoms with Crippen molar-refractivity contribution >= 4 is 22.7 Å². The lowest BCUT2D eigenvalue weighted by atomic mass is 9.88. The van der Waals surface area contributed by atoms with Crippen LogP contribution in [-0.4, -0.2) is 11.0 Å². The summed E-state index contributed by atoms with van der Waals surface area (Å²) in [5, 5.41) is 9.63. The van der Waals surface area contributed by atoms with Crippen LogP contribution in [0.4, 0.5) is 0 Å². The largest absolute Gasteiger partial charge is 0.508 e. The first-order valence-corrected chi connectivity index (χ1v) is 8.52. The van der Waals surface area contributed by atoms with Crippen molar-refractivity contribution in [1.82, 2.24) is 0 Å². The van der Waals surface area contributed by atoms with Crippen LogP contribution >= 0.6 is 11.6 Å². The molecule has 3 rings (SSSR count). The fourth-order valence-corrected chi connectivity index (χ4v) is 3.08. The molecule has 0 aliphatic carbocycles. The van der Waals surface area contributed by atoms with Crippen LogP contribution in [0.5, 0.6) is 5.75 Å². The van der Waals surface area contributed by atoms with Crippen LogP contribution < -0.4 is 0 Å². The van der Waals surface area contributed by atoms with Gasteiger partial charge >= 0.3 is 0 Å². The Labute approximate surface area is 147 Å². The van der Waals surface area contributed by atoms with E-state index in [-0.39, 0.29) is 5.75 Å². The van der Waals surface area contributed by atoms with Gasteiger partial charge < -0.3 is 5.11 Å². The van der Waals surface area contributed by atoms with Gasteiger partial charge in [0.25, 0.3) is 0 Å². The number of alkyl halides is 1. The van der Waals surface area contributed by atoms with Crippen molar-refractivity contribution in [3.05, 3.63) is 102 Å². The molecule has 120 valence electrons. The van der Waals surface area contributed by atoms with Crippen molar-refractivity contribution in [2.45, 2.75) is 6.42 Å². The van der Waals surface area contributed by atoms with E-state index in [4.69, 9.17) is 11.6 Å². The van der Waals surface area contributed by atoms with E-state index < -0.39 is 0 Å². The number of rotatable bonds is 5. The molecule has 0 heterocycles. The summed E-state index contributed by atoms with van der Waals surface area (Å²) in [4.78, 5) is 0. The second-order valence-electron chi connectivity index (χ2n) is 5.57. The van der Waals surface area contributed by atoms with Gasteiger partial charge in [-0.05, 0) is 46.4 Å². The van der Waals surface area contributed by atoms with E-state index in [2.05, 4.69) is 24.3 Å². The highest BCUT2D eigenvalue weighted by Crippen LogP contribution is 2.35. The van der Waals surface area contributed by atoms with Gasteiger partial charge in [0.05, 0.1) is 0 Å². The number of halogens is 1. The third-order valence-corrected chi connectivity index (χ3v) is 4.18. The average Bonchev–Trinajstić information content (AvgIpc) is 2.64. The molecule has 0 unspecified atom stereocenters. The molecule has 3 aromatic carbocycles. The molecule has 0 fully saturated rings. The molecule has 0 aliphatic heterocycles. The first-order chi connectivity index (χ1) is 11.8. The summed E-state index contributed by atoms with van der Waals surface area (Å²) >= 11 is 6.12. The lowest BCUT2D eigenvalue weighted by Gasteiger charge is -2.17. The molecule has 0 atom stereocenters. The molecule has 0 bridgehead atoms. The van der Waals surface area contributed by atoms with E-state index in [9.17, 15) is 5.11 Å². The number of hydrogen-bond donors (Lipinski definition) is 1. The van der Waals surface area contributed by atoms with E-state index in [1.807, 2.05) is 48.5 Å². The number of aromatic hydroxyl groups is 1. The Hall–Kier alpha value is -2.51. The smallest absolute Gasteiger partial charge is 0.115 e. The molecule has 0 aromatic heterocycles. The van der Waals surface area contributed by atoms with Crippen LogP contribution in [0, 0.1) is 0 Å². The molecule has 2 heteroatoms. The minimum Gasteiger partial charge on any atom is -0.508 e.